The van der Waals surface area contributed by atoms with E-state index in [4.69, 9.17) is 0 Å². The molecule has 1 nitrogen and oxygen atoms in total. The molecule has 86 valence electrons. The van der Waals surface area contributed by atoms with E-state index in [0.29, 0.717) is 12.2 Å². The smallest absolute Gasteiger partial charge is 0.172 e. The molecule has 1 aromatic rings. The van der Waals surface area contributed by atoms with Crippen LogP contribution < -0.4 is 0 Å². The van der Waals surface area contributed by atoms with Crippen LogP contribution in [-0.4, -0.2) is 5.78 Å². The highest BCUT2D eigenvalue weighted by Crippen LogP contribution is 2.30. The third kappa shape index (κ3) is 2.62. The van der Waals surface area contributed by atoms with Crippen molar-refractivity contribution < 1.29 is 4.79 Å². The number of rotatable bonds is 5. The maximum Gasteiger partial charge on any atom is 0.172 e. The van der Waals surface area contributed by atoms with Crippen molar-refractivity contribution in [3.05, 3.63) is 34.0 Å². The molecule has 1 aliphatic carbocycles. The largest absolute Gasteiger partial charge is 0.293 e. The number of hydrogen-bond acceptors (Lipinski definition) is 2. The second-order valence-corrected chi connectivity index (χ2v) is 5.51. The summed E-state index contributed by atoms with van der Waals surface area (Å²) in [5.41, 5.74) is 1.43. The Bertz CT molecular complexity index is 366. The quantitative estimate of drug-likeness (QED) is 0.424. The van der Waals surface area contributed by atoms with Crippen LogP contribution in [0.25, 0.3) is 0 Å². The molecule has 0 saturated carbocycles. The molecule has 0 fully saturated rings. The minimum Gasteiger partial charge on any atom is -0.293 e. The number of aryl methyl sites for hydroxylation is 2. The molecular weight excluding hydrogens is 216 g/mol. The van der Waals surface area contributed by atoms with Gasteiger partial charge in [0.2, 0.25) is 0 Å². The zero-order chi connectivity index (χ0) is 11.4. The van der Waals surface area contributed by atoms with Crippen LogP contribution in [-0.2, 0) is 12.8 Å². The lowest BCUT2D eigenvalue weighted by molar-refractivity contribution is 0.0984. The van der Waals surface area contributed by atoms with Gasteiger partial charge in [0, 0.05) is 11.3 Å². The van der Waals surface area contributed by atoms with Gasteiger partial charge >= 0.3 is 0 Å². The van der Waals surface area contributed by atoms with Gasteiger partial charge in [0.05, 0.1) is 4.88 Å². The van der Waals surface area contributed by atoms with Gasteiger partial charge in [-0.15, -0.1) is 17.9 Å². The molecule has 0 amide bonds. The average Bonchev–Trinajstić information content (AvgIpc) is 2.73. The summed E-state index contributed by atoms with van der Waals surface area (Å²) in [6.07, 6.45) is 9.36. The van der Waals surface area contributed by atoms with Crippen molar-refractivity contribution >= 4 is 17.1 Å². The molecule has 0 saturated heterocycles. The number of hydrogen-bond donors (Lipinski definition) is 0. The van der Waals surface area contributed by atoms with E-state index < -0.39 is 0 Å². The first kappa shape index (κ1) is 11.6. The van der Waals surface area contributed by atoms with Gasteiger partial charge in [-0.2, -0.15) is 0 Å². The standard InChI is InChI=1S/C14H18OS/c1-2-3-4-8-12(15)14-10-11-7-5-6-9-13(11)16-14/h2,10H,1,3-9H2. The van der Waals surface area contributed by atoms with Crippen LogP contribution in [0.4, 0.5) is 0 Å². The normalized spacial score (nSPS) is 14.5. The van der Waals surface area contributed by atoms with Crippen LogP contribution in [0.5, 0.6) is 0 Å². The van der Waals surface area contributed by atoms with Gasteiger partial charge in [0.15, 0.2) is 5.78 Å². The molecule has 0 atom stereocenters. The molecule has 0 unspecified atom stereocenters. The molecule has 16 heavy (non-hydrogen) atoms. The molecule has 1 aromatic heterocycles. The van der Waals surface area contributed by atoms with Crippen molar-refractivity contribution in [1.29, 1.82) is 0 Å². The van der Waals surface area contributed by atoms with E-state index >= 15 is 0 Å². The Kier molecular flexibility index (Phi) is 3.94. The van der Waals surface area contributed by atoms with E-state index in [-0.39, 0.29) is 0 Å². The highest BCUT2D eigenvalue weighted by Gasteiger charge is 2.16. The first-order valence-corrected chi connectivity index (χ1v) is 6.88. The summed E-state index contributed by atoms with van der Waals surface area (Å²) in [7, 11) is 0. The lowest BCUT2D eigenvalue weighted by Gasteiger charge is -2.08. The van der Waals surface area contributed by atoms with Crippen molar-refractivity contribution in [1.82, 2.24) is 0 Å². The van der Waals surface area contributed by atoms with Crippen molar-refractivity contribution in [2.45, 2.75) is 44.9 Å². The summed E-state index contributed by atoms with van der Waals surface area (Å²) in [6, 6.07) is 2.13. The van der Waals surface area contributed by atoms with Crippen LogP contribution in [0.15, 0.2) is 18.7 Å². The molecule has 0 aliphatic heterocycles. The fraction of sp³-hybridized carbons (Fsp3) is 0.500. The number of unbranched alkanes of at least 4 members (excludes halogenated alkanes) is 1. The summed E-state index contributed by atoms with van der Waals surface area (Å²) in [4.78, 5) is 14.4. The summed E-state index contributed by atoms with van der Waals surface area (Å²) in [5.74, 6) is 0.321. The highest BCUT2D eigenvalue weighted by molar-refractivity contribution is 7.14. The Labute approximate surface area is 101 Å². The van der Waals surface area contributed by atoms with Gasteiger partial charge in [-0.1, -0.05) is 6.08 Å². The van der Waals surface area contributed by atoms with Crippen LogP contribution in [0, 0.1) is 0 Å². The zero-order valence-corrected chi connectivity index (χ0v) is 10.4. The maximum absolute atomic E-state index is 11.9. The second-order valence-electron chi connectivity index (χ2n) is 4.37. The van der Waals surface area contributed by atoms with E-state index in [2.05, 4.69) is 12.6 Å². The van der Waals surface area contributed by atoms with Gasteiger partial charge in [-0.05, 0) is 50.2 Å². The number of fused-ring (bicyclic) bond motifs is 1. The maximum atomic E-state index is 11.9. The molecular formula is C14H18OS. The van der Waals surface area contributed by atoms with E-state index in [1.54, 1.807) is 11.3 Å². The molecule has 0 spiro atoms. The van der Waals surface area contributed by atoms with E-state index in [1.807, 2.05) is 6.08 Å². The van der Waals surface area contributed by atoms with Gasteiger partial charge < -0.3 is 0 Å². The number of thiophene rings is 1. The van der Waals surface area contributed by atoms with E-state index in [1.165, 1.54) is 36.1 Å². The molecule has 1 aliphatic rings. The van der Waals surface area contributed by atoms with Crippen molar-refractivity contribution in [3.63, 3.8) is 0 Å². The molecule has 2 rings (SSSR count). The lowest BCUT2D eigenvalue weighted by atomic mass is 9.99. The molecule has 0 radical (unpaired) electrons. The Morgan fingerprint density at radius 2 is 2.25 bits per heavy atom. The number of ketones is 1. The first-order valence-electron chi connectivity index (χ1n) is 6.07. The minimum absolute atomic E-state index is 0.321. The predicted molar refractivity (Wildman–Crippen MR) is 69.3 cm³/mol. The summed E-state index contributed by atoms with van der Waals surface area (Å²) >= 11 is 1.73. The van der Waals surface area contributed by atoms with Crippen LogP contribution in [0.2, 0.25) is 0 Å². The Morgan fingerprint density at radius 3 is 3.00 bits per heavy atom. The Morgan fingerprint density at radius 1 is 1.44 bits per heavy atom. The third-order valence-electron chi connectivity index (χ3n) is 3.08. The van der Waals surface area contributed by atoms with E-state index in [9.17, 15) is 4.79 Å². The molecule has 0 N–H and O–H groups in total. The monoisotopic (exact) mass is 234 g/mol. The van der Waals surface area contributed by atoms with Crippen LogP contribution >= 0.6 is 11.3 Å². The number of carbonyl (C=O) groups excluding carboxylic acids is 1. The second kappa shape index (κ2) is 5.44. The highest BCUT2D eigenvalue weighted by atomic mass is 32.1. The predicted octanol–water partition coefficient (Wildman–Crippen LogP) is 4.17. The topological polar surface area (TPSA) is 17.1 Å². The first-order chi connectivity index (χ1) is 7.81. The molecule has 0 bridgehead atoms. The minimum atomic E-state index is 0.321. The average molecular weight is 234 g/mol. The third-order valence-corrected chi connectivity index (χ3v) is 4.36. The van der Waals surface area contributed by atoms with Crippen LogP contribution in [0.1, 0.15) is 52.2 Å². The SMILES string of the molecule is C=CCCCC(=O)c1cc2c(s1)CCCC2. The van der Waals surface area contributed by atoms with Gasteiger partial charge in [-0.25, -0.2) is 0 Å². The van der Waals surface area contributed by atoms with Gasteiger partial charge in [0.25, 0.3) is 0 Å². The van der Waals surface area contributed by atoms with Crippen molar-refractivity contribution in [2.24, 2.45) is 0 Å². The lowest BCUT2D eigenvalue weighted by Crippen LogP contribution is -1.97. The van der Waals surface area contributed by atoms with Gasteiger partial charge in [-0.3, -0.25) is 4.79 Å². The van der Waals surface area contributed by atoms with E-state index in [0.717, 1.165) is 17.7 Å². The van der Waals surface area contributed by atoms with Crippen molar-refractivity contribution in [3.8, 4) is 0 Å². The molecule has 2 heteroatoms. The molecule has 1 heterocycles. The summed E-state index contributed by atoms with van der Waals surface area (Å²) < 4.78 is 0. The number of carbonyl (C=O) groups is 1. The van der Waals surface area contributed by atoms with Gasteiger partial charge in [0.1, 0.15) is 0 Å². The Hall–Kier alpha value is -0.890. The summed E-state index contributed by atoms with van der Waals surface area (Å²) in [5, 5.41) is 0. The zero-order valence-electron chi connectivity index (χ0n) is 9.63. The summed E-state index contributed by atoms with van der Waals surface area (Å²) in [6.45, 7) is 3.67. The van der Waals surface area contributed by atoms with Crippen molar-refractivity contribution in [2.75, 3.05) is 0 Å². The Balaban J connectivity index is 2.00. The number of Topliss-reactive ketones (excluding diaryl/α,β-unsaturated/α-hetero) is 1. The van der Waals surface area contributed by atoms with Crippen LogP contribution in [0.3, 0.4) is 0 Å². The fourth-order valence-electron chi connectivity index (χ4n) is 2.16. The number of allylic oxidation sites excluding steroid dienone is 1. The fourth-order valence-corrected chi connectivity index (χ4v) is 3.38. The molecule has 0 aromatic carbocycles.